The van der Waals surface area contributed by atoms with Gasteiger partial charge in [-0.25, -0.2) is 32.0 Å². The van der Waals surface area contributed by atoms with E-state index in [9.17, 15) is 77.2 Å². The van der Waals surface area contributed by atoms with Gasteiger partial charge < -0.3 is 61.1 Å². The molecule has 736 valence electrons. The number of nitro groups is 1. The van der Waals surface area contributed by atoms with Crippen LogP contribution in [0.3, 0.4) is 0 Å². The lowest BCUT2D eigenvalue weighted by Crippen LogP contribution is -2.56. The van der Waals surface area contributed by atoms with Gasteiger partial charge in [-0.1, -0.05) is 97.2 Å². The van der Waals surface area contributed by atoms with Crippen LogP contribution in [0.1, 0.15) is 176 Å². The van der Waals surface area contributed by atoms with Gasteiger partial charge in [-0.2, -0.15) is 10.2 Å². The summed E-state index contributed by atoms with van der Waals surface area (Å²) < 4.78 is 168. The van der Waals surface area contributed by atoms with E-state index >= 15 is 13.2 Å². The smallest absolute Gasteiger partial charge is 0.462 e. The molecule has 3 aromatic carbocycles. The number of esters is 3. The number of hydrogen-bond acceptors (Lipinski definition) is 30. The molecule has 37 nitrogen and oxygen atoms in total. The second-order valence-corrected chi connectivity index (χ2v) is 51.7. The summed E-state index contributed by atoms with van der Waals surface area (Å²) >= 11 is 0. The normalized spacial score (nSPS) is 26.9. The van der Waals surface area contributed by atoms with Crippen molar-refractivity contribution < 1.29 is 150 Å². The van der Waals surface area contributed by atoms with Gasteiger partial charge in [-0.3, -0.25) is 81.5 Å². The van der Waals surface area contributed by atoms with Crippen molar-refractivity contribution in [2.24, 2.45) is 0 Å². The fourth-order valence-electron chi connectivity index (χ4n) is 13.5. The number of alkyl halides is 3. The Bertz CT molecular complexity index is 4750. The molecule has 0 aromatic heterocycles. The van der Waals surface area contributed by atoms with Crippen molar-refractivity contribution in [3.63, 3.8) is 0 Å². The first-order chi connectivity index (χ1) is 61.1. The maximum absolute atomic E-state index is 16.8. The van der Waals surface area contributed by atoms with Crippen molar-refractivity contribution in [1.29, 1.82) is 0 Å². The second kappa shape index (κ2) is 46.2. The van der Waals surface area contributed by atoms with Crippen LogP contribution in [0.4, 0.5) is 18.9 Å². The number of ketones is 3. The Kier molecular flexibility index (Phi) is 38.8. The molecule has 5 N–H and O–H groups in total. The number of allylic oxidation sites excluding steroid dienone is 3. The number of halogens is 3. The highest BCUT2D eigenvalue weighted by molar-refractivity contribution is 7.52. The topological polar surface area (TPSA) is 463 Å². The number of carbonyl (C=O) groups is 9. The minimum absolute atomic E-state index is 0.0711. The fraction of sp³-hybridized carbons (Fsp3) is 0.621. The molecule has 10 rings (SSSR count). The number of non-ortho nitro benzene ring substituents is 1. The molecule has 0 spiro atoms. The highest BCUT2D eigenvalue weighted by atomic mass is 31.2. The monoisotopic (exact) mass is 1960 g/mol. The number of amides is 3. The van der Waals surface area contributed by atoms with E-state index < -0.39 is 215 Å². The van der Waals surface area contributed by atoms with E-state index in [2.05, 4.69) is 15.3 Å². The van der Waals surface area contributed by atoms with Gasteiger partial charge in [0.05, 0.1) is 68.4 Å². The van der Waals surface area contributed by atoms with Crippen molar-refractivity contribution in [1.82, 2.24) is 30.0 Å². The number of rotatable bonds is 35. The molecule has 0 unspecified atom stereocenters. The third kappa shape index (κ3) is 30.5. The number of para-hydroxylation sites is 2. The molecule has 0 radical (unpaired) electrons. The lowest BCUT2D eigenvalue weighted by Gasteiger charge is -2.42. The Morgan fingerprint density at radius 2 is 0.833 bits per heavy atom. The van der Waals surface area contributed by atoms with Gasteiger partial charge in [-0.05, 0) is 187 Å². The van der Waals surface area contributed by atoms with E-state index in [4.69, 9.17) is 64.4 Å². The molecule has 6 aliphatic heterocycles. The van der Waals surface area contributed by atoms with E-state index in [0.29, 0.717) is 12.8 Å². The zero-order valence-corrected chi connectivity index (χ0v) is 83.3. The molecular formula is C87H129F3N7O30P3Si2. The minimum Gasteiger partial charge on any atom is -0.462 e. The standard InChI is InChI=1S/C29H50FN2O9PSi.C23H30FN2O9P.C18H21N2O7P.C17H28FNO5Si/c1-19(2)38-26(35)20(3)31-42(36,40-22-13-11-10-12-14-22)37-18-23-25(41-43(8,9)28(4,5)6)29(7,30)27(39-23)32-16-15-21(33)17-24(32)34;1-14(2)33-21(30)15(3)25-36(31,35-17-8-6-5-7-9-17)32-13-18-20(29)23(4,24)22(34-18)26-11-10-16(27)12-19(26)28;1-13(2)25-18(21)14(3)19-28(24,26-16-7-5-4-6-8-16)27-17-11-9-15(10-12-17)20(22)23;1-16(2,3)25(5,6)24-14-12(10-20)23-15(17(14,4)18)19-8-7-11(21)9-13(19)22/h15-16,19-20,22-23,25,27H,10-14,17-18H2,1-9H3,(H,31,36);5-11,14-15,18,20,22,29H,12-13H2,1-4H3,(H,25,31);4-14H,1-3H3,(H,19,24);7-8,12,14-15,20H,9-10H2,1-6H3/t20-,23+,25+,27+,29+,42-;15-,18+,20+,22+,23+,36-;14-,28-;12-,14-,15-,17-/m0001/s1. The Morgan fingerprint density at radius 1 is 0.508 bits per heavy atom. The van der Waals surface area contributed by atoms with Gasteiger partial charge in [0.25, 0.3) is 5.69 Å². The summed E-state index contributed by atoms with van der Waals surface area (Å²) in [6, 6.07) is 18.1. The molecule has 1 saturated carbocycles. The van der Waals surface area contributed by atoms with Crippen LogP contribution in [-0.2, 0) is 108 Å². The zero-order valence-electron chi connectivity index (χ0n) is 78.7. The number of nitrogens with one attached hydrogen (secondary N) is 3. The van der Waals surface area contributed by atoms with Crippen LogP contribution in [0.5, 0.6) is 17.2 Å². The fourth-order valence-corrected chi connectivity index (χ4v) is 21.0. The number of benzene rings is 3. The highest BCUT2D eigenvalue weighted by Gasteiger charge is 2.64. The molecule has 6 heterocycles. The van der Waals surface area contributed by atoms with Crippen molar-refractivity contribution >= 4 is 98.5 Å². The Labute approximate surface area is 770 Å². The summed E-state index contributed by atoms with van der Waals surface area (Å²) in [6.07, 6.45) is -2.85. The molecule has 0 bridgehead atoms. The number of nitrogens with zero attached hydrogens (tertiary/aromatic N) is 4. The third-order valence-electron chi connectivity index (χ3n) is 22.6. The lowest BCUT2D eigenvalue weighted by atomic mass is 9.97. The van der Waals surface area contributed by atoms with E-state index in [1.165, 1.54) is 95.6 Å². The number of nitro benzene ring substituents is 1. The van der Waals surface area contributed by atoms with E-state index in [1.807, 2.05) is 67.7 Å². The first-order valence-electron chi connectivity index (χ1n) is 43.5. The summed E-state index contributed by atoms with van der Waals surface area (Å²) in [7, 11) is -17.5. The average Bonchev–Trinajstić information content (AvgIpc) is 1.59. The van der Waals surface area contributed by atoms with Crippen LogP contribution in [0.25, 0.3) is 0 Å². The summed E-state index contributed by atoms with van der Waals surface area (Å²) in [5, 5.41) is 38.3. The third-order valence-corrected chi connectivity index (χ3v) is 36.5. The van der Waals surface area contributed by atoms with Crippen molar-refractivity contribution in [3.8, 4) is 17.2 Å². The summed E-state index contributed by atoms with van der Waals surface area (Å²) in [4.78, 5) is 122. The Morgan fingerprint density at radius 3 is 1.20 bits per heavy atom. The van der Waals surface area contributed by atoms with Gasteiger partial charge >= 0.3 is 41.1 Å². The maximum atomic E-state index is 16.8. The first-order valence-corrected chi connectivity index (χ1v) is 53.9. The Balaban J connectivity index is 0.000000246. The maximum Gasteiger partial charge on any atom is 0.513 e. The van der Waals surface area contributed by atoms with Gasteiger partial charge in [0.1, 0.15) is 72.0 Å². The molecule has 4 fully saturated rings. The molecular weight excluding hydrogens is 1830 g/mol. The van der Waals surface area contributed by atoms with E-state index in [1.54, 1.807) is 90.1 Å². The van der Waals surface area contributed by atoms with Gasteiger partial charge in [0.15, 0.2) is 69.7 Å². The number of hydrogen-bond donors (Lipinski definition) is 5. The molecule has 3 saturated heterocycles. The average molecular weight is 1960 g/mol. The van der Waals surface area contributed by atoms with Crippen LogP contribution in [0.2, 0.25) is 36.3 Å². The van der Waals surface area contributed by atoms with Crippen LogP contribution in [-0.4, -0.2) is 234 Å². The first kappa shape index (κ1) is 111. The molecule has 3 aromatic rings. The molecule has 7 aliphatic rings. The summed E-state index contributed by atoms with van der Waals surface area (Å²) in [5.74, 6) is -4.43. The summed E-state index contributed by atoms with van der Waals surface area (Å²) in [5.41, 5.74) is -6.84. The highest BCUT2D eigenvalue weighted by Crippen LogP contribution is 2.53. The number of aliphatic hydroxyl groups excluding tert-OH is 2. The largest absolute Gasteiger partial charge is 0.513 e. The predicted molar refractivity (Wildman–Crippen MR) is 481 cm³/mol. The predicted octanol–water partition coefficient (Wildman–Crippen LogP) is 14.0. The van der Waals surface area contributed by atoms with Gasteiger partial charge in [0, 0.05) is 30.7 Å². The Hall–Kier alpha value is -8.10. The number of carbonyl (C=O) groups excluding carboxylic acids is 9. The lowest BCUT2D eigenvalue weighted by molar-refractivity contribution is -0.384. The molecule has 45 heteroatoms. The number of aliphatic hydroxyl groups is 2. The van der Waals surface area contributed by atoms with Crippen LogP contribution >= 0.6 is 23.2 Å². The quantitative estimate of drug-likeness (QED) is 0.00694. The molecule has 1 aliphatic carbocycles. The SMILES string of the molecule is CC(C)(C)[Si](C)(C)O[C@@H]1[C@@H](CO)O[C@@H](N2C=CC(=O)CC2=O)[C@]1(C)F.CC(C)OC(=O)[C@H](C)N[P@](=O)(OC[C@H]1O[C@@H](N2C=CC(=O)CC2=O)[C@](C)(F)[C@@H]1O)Oc1ccccc1.CC(C)OC(=O)[C@H](C)N[P@](=O)(OC[C@H]1O[C@@H](N2C=CC(=O)CC2=O)[C@](C)(F)[C@@H]1O[Si](C)(C)C(C)(C)C)OC1CCCCC1.CC(C)OC(=O)[C@H](C)N[P@](=O)(Oc1ccccc1)Oc1ccc([N+](=O)[O-])cc1. The van der Waals surface area contributed by atoms with Crippen LogP contribution in [0.15, 0.2) is 122 Å². The van der Waals surface area contributed by atoms with Crippen molar-refractivity contribution in [2.45, 2.75) is 327 Å². The van der Waals surface area contributed by atoms with Crippen molar-refractivity contribution in [3.05, 3.63) is 132 Å². The van der Waals surface area contributed by atoms with Gasteiger partial charge in [0.2, 0.25) is 17.7 Å². The summed E-state index contributed by atoms with van der Waals surface area (Å²) in [6.45, 7) is 36.8. The zero-order chi connectivity index (χ0) is 99.0. The molecule has 3 amide bonds. The minimum atomic E-state index is -4.29. The molecule has 18 atom stereocenters. The van der Waals surface area contributed by atoms with Crippen molar-refractivity contribution in [2.75, 3.05) is 19.8 Å². The van der Waals surface area contributed by atoms with Crippen LogP contribution in [0, 0.1) is 10.1 Å². The van der Waals surface area contributed by atoms with E-state index in [0.717, 1.165) is 53.2 Å². The van der Waals surface area contributed by atoms with E-state index in [-0.39, 0.29) is 69.3 Å². The van der Waals surface area contributed by atoms with Crippen LogP contribution < -0.4 is 28.8 Å². The second-order valence-electron chi connectivity index (χ2n) is 37.1. The van der Waals surface area contributed by atoms with Gasteiger partial charge in [-0.15, -0.1) is 0 Å². The molecule has 132 heavy (non-hydrogen) atoms. The number of ether oxygens (including phenoxy) is 6.